The van der Waals surface area contributed by atoms with Crippen LogP contribution in [0.2, 0.25) is 0 Å². The van der Waals surface area contributed by atoms with Gasteiger partial charge in [0.15, 0.2) is 5.96 Å². The SMILES string of the molecule is CN=C(NCc1ncc(C)s1)NCC1(c2ccccc2)CCOCC1. The van der Waals surface area contributed by atoms with E-state index in [0.717, 1.165) is 43.6 Å². The smallest absolute Gasteiger partial charge is 0.191 e. The van der Waals surface area contributed by atoms with Gasteiger partial charge in [0.2, 0.25) is 0 Å². The Kier molecular flexibility index (Phi) is 6.04. The van der Waals surface area contributed by atoms with Gasteiger partial charge in [-0.15, -0.1) is 11.3 Å². The molecule has 1 aliphatic heterocycles. The van der Waals surface area contributed by atoms with Gasteiger partial charge in [-0.25, -0.2) is 4.98 Å². The molecule has 0 radical (unpaired) electrons. The van der Waals surface area contributed by atoms with Crippen molar-refractivity contribution in [2.45, 2.75) is 31.7 Å². The van der Waals surface area contributed by atoms with E-state index in [1.807, 2.05) is 13.2 Å². The maximum Gasteiger partial charge on any atom is 0.191 e. The summed E-state index contributed by atoms with van der Waals surface area (Å²) in [5.41, 5.74) is 1.46. The molecule has 2 heterocycles. The quantitative estimate of drug-likeness (QED) is 0.637. The Morgan fingerprint density at radius 2 is 2.00 bits per heavy atom. The molecular weight excluding hydrogens is 332 g/mol. The van der Waals surface area contributed by atoms with Crippen LogP contribution in [-0.2, 0) is 16.7 Å². The highest BCUT2D eigenvalue weighted by molar-refractivity contribution is 7.11. The molecule has 0 saturated carbocycles. The molecule has 1 fully saturated rings. The molecule has 0 unspecified atom stereocenters. The van der Waals surface area contributed by atoms with E-state index >= 15 is 0 Å². The normalized spacial score (nSPS) is 17.3. The number of benzene rings is 1. The Bertz CT molecular complexity index is 692. The number of nitrogens with one attached hydrogen (secondary N) is 2. The molecule has 0 amide bonds. The van der Waals surface area contributed by atoms with E-state index in [1.54, 1.807) is 11.3 Å². The molecule has 134 valence electrons. The lowest BCUT2D eigenvalue weighted by atomic mass is 9.74. The molecule has 0 spiro atoms. The second-order valence-electron chi connectivity index (χ2n) is 6.40. The van der Waals surface area contributed by atoms with Crippen LogP contribution in [-0.4, -0.2) is 37.7 Å². The lowest BCUT2D eigenvalue weighted by Crippen LogP contribution is -2.47. The Hall–Kier alpha value is -1.92. The van der Waals surface area contributed by atoms with Crippen molar-refractivity contribution in [2.24, 2.45) is 4.99 Å². The molecule has 2 aromatic rings. The van der Waals surface area contributed by atoms with E-state index in [0.29, 0.717) is 6.54 Å². The van der Waals surface area contributed by atoms with Crippen molar-refractivity contribution in [3.63, 3.8) is 0 Å². The summed E-state index contributed by atoms with van der Waals surface area (Å²) in [4.78, 5) is 9.98. The van der Waals surface area contributed by atoms with Gasteiger partial charge in [-0.1, -0.05) is 30.3 Å². The predicted molar refractivity (Wildman–Crippen MR) is 103 cm³/mol. The van der Waals surface area contributed by atoms with E-state index in [4.69, 9.17) is 4.74 Å². The molecule has 0 atom stereocenters. The number of aromatic nitrogens is 1. The molecule has 25 heavy (non-hydrogen) atoms. The van der Waals surface area contributed by atoms with Gasteiger partial charge in [0.1, 0.15) is 5.01 Å². The lowest BCUT2D eigenvalue weighted by Gasteiger charge is -2.38. The van der Waals surface area contributed by atoms with Gasteiger partial charge in [0.05, 0.1) is 6.54 Å². The Balaban J connectivity index is 1.63. The summed E-state index contributed by atoms with van der Waals surface area (Å²) in [6.07, 6.45) is 3.95. The average molecular weight is 359 g/mol. The fraction of sp³-hybridized carbons (Fsp3) is 0.474. The Morgan fingerprint density at radius 3 is 2.64 bits per heavy atom. The Labute approximate surface area is 153 Å². The molecule has 5 nitrogen and oxygen atoms in total. The van der Waals surface area contributed by atoms with Crippen molar-refractivity contribution in [2.75, 3.05) is 26.8 Å². The summed E-state index contributed by atoms with van der Waals surface area (Å²) in [6, 6.07) is 10.7. The van der Waals surface area contributed by atoms with Crippen molar-refractivity contribution in [3.8, 4) is 0 Å². The number of nitrogens with zero attached hydrogens (tertiary/aromatic N) is 2. The first-order valence-electron chi connectivity index (χ1n) is 8.71. The zero-order chi connectivity index (χ0) is 17.5. The minimum atomic E-state index is 0.0922. The van der Waals surface area contributed by atoms with Crippen molar-refractivity contribution in [1.29, 1.82) is 0 Å². The van der Waals surface area contributed by atoms with Crippen LogP contribution >= 0.6 is 11.3 Å². The van der Waals surface area contributed by atoms with Crippen LogP contribution in [0.25, 0.3) is 0 Å². The summed E-state index contributed by atoms with van der Waals surface area (Å²) in [5, 5.41) is 7.95. The predicted octanol–water partition coefficient (Wildman–Crippen LogP) is 2.86. The number of thiazole rings is 1. The van der Waals surface area contributed by atoms with Gasteiger partial charge in [-0.2, -0.15) is 0 Å². The first kappa shape index (κ1) is 17.9. The third kappa shape index (κ3) is 4.58. The van der Waals surface area contributed by atoms with Gasteiger partial charge in [0, 0.05) is 43.3 Å². The van der Waals surface area contributed by atoms with Gasteiger partial charge in [0.25, 0.3) is 0 Å². The zero-order valence-electron chi connectivity index (χ0n) is 14.9. The summed E-state index contributed by atoms with van der Waals surface area (Å²) in [5.74, 6) is 0.814. The van der Waals surface area contributed by atoms with E-state index < -0.39 is 0 Å². The monoisotopic (exact) mass is 358 g/mol. The van der Waals surface area contributed by atoms with Gasteiger partial charge < -0.3 is 15.4 Å². The number of aryl methyl sites for hydroxylation is 1. The van der Waals surface area contributed by atoms with E-state index in [1.165, 1.54) is 10.4 Å². The number of hydrogen-bond acceptors (Lipinski definition) is 4. The van der Waals surface area contributed by atoms with Crippen LogP contribution in [0.3, 0.4) is 0 Å². The maximum absolute atomic E-state index is 5.61. The van der Waals surface area contributed by atoms with Crippen molar-refractivity contribution in [1.82, 2.24) is 15.6 Å². The third-order valence-electron chi connectivity index (χ3n) is 4.73. The van der Waals surface area contributed by atoms with Gasteiger partial charge in [-0.3, -0.25) is 4.99 Å². The van der Waals surface area contributed by atoms with Crippen molar-refractivity contribution < 1.29 is 4.74 Å². The zero-order valence-corrected chi connectivity index (χ0v) is 15.7. The molecule has 0 bridgehead atoms. The summed E-state index contributed by atoms with van der Waals surface area (Å²) in [7, 11) is 1.81. The van der Waals surface area contributed by atoms with Crippen LogP contribution in [0.4, 0.5) is 0 Å². The molecule has 3 rings (SSSR count). The van der Waals surface area contributed by atoms with Crippen LogP contribution in [0.1, 0.15) is 28.3 Å². The summed E-state index contributed by atoms with van der Waals surface area (Å²) in [6.45, 7) is 5.22. The summed E-state index contributed by atoms with van der Waals surface area (Å²) >= 11 is 1.71. The highest BCUT2D eigenvalue weighted by Gasteiger charge is 2.34. The number of rotatable bonds is 5. The van der Waals surface area contributed by atoms with Crippen LogP contribution in [0.15, 0.2) is 41.5 Å². The largest absolute Gasteiger partial charge is 0.381 e. The first-order valence-corrected chi connectivity index (χ1v) is 9.53. The van der Waals surface area contributed by atoms with Crippen LogP contribution in [0.5, 0.6) is 0 Å². The minimum absolute atomic E-state index is 0.0922. The second-order valence-corrected chi connectivity index (χ2v) is 7.72. The molecule has 2 N–H and O–H groups in total. The fourth-order valence-corrected chi connectivity index (χ4v) is 3.96. The number of guanidine groups is 1. The molecule has 1 aliphatic rings. The van der Waals surface area contributed by atoms with Crippen molar-refractivity contribution >= 4 is 17.3 Å². The van der Waals surface area contributed by atoms with Gasteiger partial charge >= 0.3 is 0 Å². The van der Waals surface area contributed by atoms with Crippen LogP contribution < -0.4 is 10.6 Å². The summed E-state index contributed by atoms with van der Waals surface area (Å²) < 4.78 is 5.61. The first-order chi connectivity index (χ1) is 12.2. The molecule has 6 heteroatoms. The van der Waals surface area contributed by atoms with Crippen molar-refractivity contribution in [3.05, 3.63) is 52.0 Å². The molecular formula is C19H26N4OS. The molecule has 1 aromatic heterocycles. The Morgan fingerprint density at radius 1 is 1.24 bits per heavy atom. The highest BCUT2D eigenvalue weighted by atomic mass is 32.1. The lowest BCUT2D eigenvalue weighted by molar-refractivity contribution is 0.0514. The van der Waals surface area contributed by atoms with E-state index in [2.05, 4.69) is 57.9 Å². The third-order valence-corrected chi connectivity index (χ3v) is 5.64. The van der Waals surface area contributed by atoms with E-state index in [-0.39, 0.29) is 5.41 Å². The van der Waals surface area contributed by atoms with E-state index in [9.17, 15) is 0 Å². The molecule has 0 aliphatic carbocycles. The molecule has 1 saturated heterocycles. The number of ether oxygens (including phenoxy) is 1. The molecule has 1 aromatic carbocycles. The fourth-order valence-electron chi connectivity index (χ4n) is 3.24. The van der Waals surface area contributed by atoms with Gasteiger partial charge in [-0.05, 0) is 25.3 Å². The maximum atomic E-state index is 5.61. The standard InChI is InChI=1S/C19H26N4OS/c1-15-12-21-17(25-15)13-22-18(20-2)23-14-19(8-10-24-11-9-19)16-6-4-3-5-7-16/h3-7,12H,8-11,13-14H2,1-2H3,(H2,20,22,23). The van der Waals surface area contributed by atoms with Crippen LogP contribution in [0, 0.1) is 6.92 Å². The number of hydrogen-bond donors (Lipinski definition) is 2. The topological polar surface area (TPSA) is 58.5 Å². The number of aliphatic imine (C=N–C) groups is 1. The average Bonchev–Trinajstić information content (AvgIpc) is 3.08. The minimum Gasteiger partial charge on any atom is -0.381 e. The second kappa shape index (κ2) is 8.45. The highest BCUT2D eigenvalue weighted by Crippen LogP contribution is 2.34.